The molecule has 7 heteroatoms. The van der Waals surface area contributed by atoms with Gasteiger partial charge in [0.25, 0.3) is 0 Å². The van der Waals surface area contributed by atoms with Crippen molar-refractivity contribution in [3.8, 4) is 17.6 Å². The van der Waals surface area contributed by atoms with Crippen LogP contribution in [0.1, 0.15) is 6.92 Å². The number of nitrogens with one attached hydrogen (secondary N) is 1. The van der Waals surface area contributed by atoms with Gasteiger partial charge >= 0.3 is 5.97 Å². The molecule has 1 aliphatic heterocycles. The summed E-state index contributed by atoms with van der Waals surface area (Å²) in [6, 6.07) is 6.72. The number of ether oxygens (including phenoxy) is 3. The monoisotopic (exact) mass is 261 g/mol. The molecule has 1 N–H and O–H groups in total. The normalized spacial score (nSPS) is 12.7. The van der Waals surface area contributed by atoms with E-state index in [1.807, 2.05) is 0 Å². The van der Waals surface area contributed by atoms with Crippen LogP contribution < -0.4 is 14.9 Å². The molecule has 98 valence electrons. The fraction of sp³-hybridized carbons (Fsp3) is 0.250. The third-order valence-corrected chi connectivity index (χ3v) is 2.24. The highest BCUT2D eigenvalue weighted by Gasteiger charge is 2.14. The van der Waals surface area contributed by atoms with Gasteiger partial charge in [-0.25, -0.2) is 4.79 Å². The second-order valence-corrected chi connectivity index (χ2v) is 3.47. The first-order chi connectivity index (χ1) is 9.24. The molecule has 0 amide bonds. The van der Waals surface area contributed by atoms with Crippen molar-refractivity contribution in [1.82, 2.24) is 0 Å². The third-order valence-electron chi connectivity index (χ3n) is 2.24. The summed E-state index contributed by atoms with van der Waals surface area (Å²) in [7, 11) is 0. The number of hydrogen-bond acceptors (Lipinski definition) is 7. The van der Waals surface area contributed by atoms with Crippen molar-refractivity contribution in [1.29, 1.82) is 5.26 Å². The second-order valence-electron chi connectivity index (χ2n) is 3.47. The number of hydrogen-bond donors (Lipinski definition) is 1. The fourth-order valence-electron chi connectivity index (χ4n) is 1.40. The lowest BCUT2D eigenvalue weighted by Gasteiger charge is -2.03. The van der Waals surface area contributed by atoms with Gasteiger partial charge in [0.2, 0.25) is 12.5 Å². The lowest BCUT2D eigenvalue weighted by Crippen LogP contribution is -2.17. The van der Waals surface area contributed by atoms with Gasteiger partial charge in [-0.15, -0.1) is 0 Å². The van der Waals surface area contributed by atoms with Gasteiger partial charge < -0.3 is 14.2 Å². The van der Waals surface area contributed by atoms with E-state index in [1.54, 1.807) is 31.2 Å². The maximum atomic E-state index is 11.3. The molecule has 1 aromatic rings. The van der Waals surface area contributed by atoms with Gasteiger partial charge in [0.15, 0.2) is 11.5 Å². The van der Waals surface area contributed by atoms with Gasteiger partial charge in [0, 0.05) is 6.07 Å². The van der Waals surface area contributed by atoms with Gasteiger partial charge in [0.05, 0.1) is 12.3 Å². The topological polar surface area (TPSA) is 92.9 Å². The number of rotatable bonds is 4. The van der Waals surface area contributed by atoms with Crippen molar-refractivity contribution >= 4 is 17.4 Å². The van der Waals surface area contributed by atoms with E-state index in [0.717, 1.165) is 0 Å². The Morgan fingerprint density at radius 2 is 2.32 bits per heavy atom. The summed E-state index contributed by atoms with van der Waals surface area (Å²) in [5.74, 6) is 0.452. The number of esters is 1. The Hall–Kier alpha value is -2.75. The molecule has 0 saturated carbocycles. The first-order valence-corrected chi connectivity index (χ1v) is 5.55. The SMILES string of the molecule is CCOC(=O)/C(C#N)=N/Nc1ccc2c(c1)OCO2. The average molecular weight is 261 g/mol. The summed E-state index contributed by atoms with van der Waals surface area (Å²) in [6.45, 7) is 2.01. The predicted octanol–water partition coefficient (Wildman–Crippen LogP) is 1.27. The standard InChI is InChI=1S/C12H11N3O4/c1-2-17-12(16)9(6-13)15-14-8-3-4-10-11(5-8)19-7-18-10/h3-5,14H,2,7H2,1H3/b15-9+. The zero-order valence-electron chi connectivity index (χ0n) is 10.2. The fourth-order valence-corrected chi connectivity index (χ4v) is 1.40. The maximum Gasteiger partial charge on any atom is 0.369 e. The molecule has 0 unspecified atom stereocenters. The summed E-state index contributed by atoms with van der Waals surface area (Å²) in [6.07, 6.45) is 0. The number of hydrazone groups is 1. The minimum absolute atomic E-state index is 0.175. The lowest BCUT2D eigenvalue weighted by molar-refractivity contribution is -0.134. The highest BCUT2D eigenvalue weighted by Crippen LogP contribution is 2.34. The molecular weight excluding hydrogens is 250 g/mol. The van der Waals surface area contributed by atoms with Crippen molar-refractivity contribution in [2.24, 2.45) is 5.10 Å². The van der Waals surface area contributed by atoms with Crippen LogP contribution in [0.4, 0.5) is 5.69 Å². The molecule has 0 aliphatic carbocycles. The highest BCUT2D eigenvalue weighted by atomic mass is 16.7. The molecule has 7 nitrogen and oxygen atoms in total. The van der Waals surface area contributed by atoms with Crippen LogP contribution in [0.3, 0.4) is 0 Å². The van der Waals surface area contributed by atoms with Crippen molar-refractivity contribution in [2.75, 3.05) is 18.8 Å². The first kappa shape index (κ1) is 12.7. The van der Waals surface area contributed by atoms with Crippen LogP contribution in [0, 0.1) is 11.3 Å². The van der Waals surface area contributed by atoms with Crippen molar-refractivity contribution < 1.29 is 19.0 Å². The van der Waals surface area contributed by atoms with Crippen LogP contribution in [-0.4, -0.2) is 25.1 Å². The van der Waals surface area contributed by atoms with Crippen LogP contribution in [0.15, 0.2) is 23.3 Å². The first-order valence-electron chi connectivity index (χ1n) is 5.55. The average Bonchev–Trinajstić information content (AvgIpc) is 2.87. The van der Waals surface area contributed by atoms with E-state index in [1.165, 1.54) is 0 Å². The van der Waals surface area contributed by atoms with Gasteiger partial charge in [-0.3, -0.25) is 5.43 Å². The Balaban J connectivity index is 2.08. The van der Waals surface area contributed by atoms with Gasteiger partial charge in [-0.2, -0.15) is 10.4 Å². The maximum absolute atomic E-state index is 11.3. The number of carbonyl (C=O) groups is 1. The van der Waals surface area contributed by atoms with E-state index in [4.69, 9.17) is 14.7 Å². The molecule has 1 aromatic carbocycles. The van der Waals surface area contributed by atoms with Gasteiger partial charge in [-0.05, 0) is 19.1 Å². The van der Waals surface area contributed by atoms with E-state index in [9.17, 15) is 4.79 Å². The Morgan fingerprint density at radius 1 is 1.53 bits per heavy atom. The van der Waals surface area contributed by atoms with E-state index < -0.39 is 5.97 Å². The molecular formula is C12H11N3O4. The Bertz CT molecular complexity index is 563. The Morgan fingerprint density at radius 3 is 3.05 bits per heavy atom. The van der Waals surface area contributed by atoms with Crippen LogP contribution in [0.25, 0.3) is 0 Å². The quantitative estimate of drug-likeness (QED) is 0.498. The summed E-state index contributed by atoms with van der Waals surface area (Å²) in [4.78, 5) is 11.3. The van der Waals surface area contributed by atoms with Crippen LogP contribution in [0.5, 0.6) is 11.5 Å². The number of nitriles is 1. The smallest absolute Gasteiger partial charge is 0.369 e. The summed E-state index contributed by atoms with van der Waals surface area (Å²) < 4.78 is 15.0. The van der Waals surface area contributed by atoms with Crippen molar-refractivity contribution in [2.45, 2.75) is 6.92 Å². The summed E-state index contributed by atoms with van der Waals surface area (Å²) in [5, 5.41) is 12.5. The minimum atomic E-state index is -0.766. The van der Waals surface area contributed by atoms with Crippen LogP contribution in [-0.2, 0) is 9.53 Å². The molecule has 0 saturated heterocycles. The summed E-state index contributed by atoms with van der Waals surface area (Å²) in [5.41, 5.74) is 2.82. The van der Waals surface area contributed by atoms with Crippen molar-refractivity contribution in [3.05, 3.63) is 18.2 Å². The molecule has 0 fully saturated rings. The molecule has 0 spiro atoms. The van der Waals surface area contributed by atoms with E-state index in [0.29, 0.717) is 17.2 Å². The molecule has 0 radical (unpaired) electrons. The van der Waals surface area contributed by atoms with E-state index in [-0.39, 0.29) is 19.1 Å². The van der Waals surface area contributed by atoms with Gasteiger partial charge in [0.1, 0.15) is 6.07 Å². The number of nitrogens with zero attached hydrogens (tertiary/aromatic N) is 2. The van der Waals surface area contributed by atoms with Crippen LogP contribution in [0.2, 0.25) is 0 Å². The minimum Gasteiger partial charge on any atom is -0.461 e. The Kier molecular flexibility index (Phi) is 3.83. The predicted molar refractivity (Wildman–Crippen MR) is 65.9 cm³/mol. The van der Waals surface area contributed by atoms with Crippen molar-refractivity contribution in [3.63, 3.8) is 0 Å². The third kappa shape index (κ3) is 2.93. The Labute approximate surface area is 109 Å². The van der Waals surface area contributed by atoms with E-state index >= 15 is 0 Å². The second kappa shape index (κ2) is 5.73. The van der Waals surface area contributed by atoms with Gasteiger partial charge in [-0.1, -0.05) is 0 Å². The van der Waals surface area contributed by atoms with Crippen LogP contribution >= 0.6 is 0 Å². The number of anilines is 1. The molecule has 0 aromatic heterocycles. The molecule has 1 heterocycles. The zero-order chi connectivity index (χ0) is 13.7. The number of fused-ring (bicyclic) bond motifs is 1. The molecule has 0 atom stereocenters. The summed E-state index contributed by atoms with van der Waals surface area (Å²) >= 11 is 0. The molecule has 2 rings (SSSR count). The number of benzene rings is 1. The van der Waals surface area contributed by atoms with E-state index in [2.05, 4.69) is 15.3 Å². The highest BCUT2D eigenvalue weighted by molar-refractivity contribution is 6.43. The zero-order valence-corrected chi connectivity index (χ0v) is 10.2. The molecule has 0 bridgehead atoms. The molecule has 1 aliphatic rings. The largest absolute Gasteiger partial charge is 0.461 e. The lowest BCUT2D eigenvalue weighted by atomic mass is 10.3. The molecule has 19 heavy (non-hydrogen) atoms. The number of carbonyl (C=O) groups excluding carboxylic acids is 1.